The SMILES string of the molecule is CN(C)CCCNCC(F)(F)CO. The summed E-state index contributed by atoms with van der Waals surface area (Å²) in [5, 5.41) is 10.8. The summed E-state index contributed by atoms with van der Waals surface area (Å²) in [6, 6.07) is 0. The summed E-state index contributed by atoms with van der Waals surface area (Å²) in [6.07, 6.45) is 0.828. The molecule has 80 valence electrons. The Morgan fingerprint density at radius 3 is 2.46 bits per heavy atom. The third-order valence-electron chi connectivity index (χ3n) is 1.57. The maximum Gasteiger partial charge on any atom is 0.282 e. The highest BCUT2D eigenvalue weighted by atomic mass is 19.3. The average molecular weight is 196 g/mol. The normalized spacial score (nSPS) is 12.5. The van der Waals surface area contributed by atoms with Crippen LogP contribution in [0, 0.1) is 0 Å². The zero-order chi connectivity index (χ0) is 10.3. The Labute approximate surface area is 77.7 Å². The predicted octanol–water partition coefficient (Wildman–Crippen LogP) is 0.155. The van der Waals surface area contributed by atoms with E-state index in [1.807, 2.05) is 19.0 Å². The van der Waals surface area contributed by atoms with Gasteiger partial charge in [0.05, 0.1) is 6.54 Å². The van der Waals surface area contributed by atoms with E-state index in [0.29, 0.717) is 6.54 Å². The summed E-state index contributed by atoms with van der Waals surface area (Å²) in [5.41, 5.74) is 0. The van der Waals surface area contributed by atoms with Crippen LogP contribution in [-0.4, -0.2) is 56.3 Å². The van der Waals surface area contributed by atoms with E-state index in [0.717, 1.165) is 13.0 Å². The monoisotopic (exact) mass is 196 g/mol. The second kappa shape index (κ2) is 6.23. The van der Waals surface area contributed by atoms with Gasteiger partial charge in [-0.15, -0.1) is 0 Å². The molecule has 13 heavy (non-hydrogen) atoms. The van der Waals surface area contributed by atoms with Crippen molar-refractivity contribution in [2.75, 3.05) is 40.3 Å². The summed E-state index contributed by atoms with van der Waals surface area (Å²) >= 11 is 0. The van der Waals surface area contributed by atoms with Crippen LogP contribution in [0.2, 0.25) is 0 Å². The topological polar surface area (TPSA) is 35.5 Å². The summed E-state index contributed by atoms with van der Waals surface area (Å²) in [5.74, 6) is -2.99. The maximum absolute atomic E-state index is 12.4. The molecule has 0 rings (SSSR count). The molecular formula is C8H18F2N2O. The molecule has 5 heteroatoms. The number of hydrogen-bond donors (Lipinski definition) is 2. The molecule has 0 saturated carbocycles. The Hall–Kier alpha value is -0.260. The highest BCUT2D eigenvalue weighted by molar-refractivity contribution is 4.67. The fraction of sp³-hybridized carbons (Fsp3) is 1.00. The van der Waals surface area contributed by atoms with E-state index in [2.05, 4.69) is 5.32 Å². The molecule has 3 nitrogen and oxygen atoms in total. The molecule has 0 spiro atoms. The van der Waals surface area contributed by atoms with Crippen LogP contribution in [0.15, 0.2) is 0 Å². The van der Waals surface area contributed by atoms with E-state index < -0.39 is 19.1 Å². The molecule has 0 aromatic carbocycles. The standard InChI is InChI=1S/C8H18F2N2O/c1-12(2)5-3-4-11-6-8(9,10)7-13/h11,13H,3-7H2,1-2H3. The van der Waals surface area contributed by atoms with Crippen molar-refractivity contribution in [3.8, 4) is 0 Å². The molecule has 0 bridgehead atoms. The molecule has 0 radical (unpaired) electrons. The zero-order valence-corrected chi connectivity index (χ0v) is 8.19. The first kappa shape index (κ1) is 12.7. The summed E-state index contributed by atoms with van der Waals surface area (Å²) in [4.78, 5) is 1.99. The molecule has 0 atom stereocenters. The second-order valence-electron chi connectivity index (χ2n) is 3.35. The molecule has 0 aliphatic carbocycles. The van der Waals surface area contributed by atoms with Gasteiger partial charge in [0.25, 0.3) is 5.92 Å². The number of alkyl halides is 2. The lowest BCUT2D eigenvalue weighted by Gasteiger charge is -2.14. The molecule has 0 saturated heterocycles. The van der Waals surface area contributed by atoms with Crippen LogP contribution in [0.1, 0.15) is 6.42 Å². The largest absolute Gasteiger partial charge is 0.390 e. The minimum Gasteiger partial charge on any atom is -0.390 e. The van der Waals surface area contributed by atoms with Gasteiger partial charge in [0, 0.05) is 0 Å². The van der Waals surface area contributed by atoms with Crippen LogP contribution in [0.25, 0.3) is 0 Å². The van der Waals surface area contributed by atoms with E-state index in [-0.39, 0.29) is 0 Å². The molecule has 0 aromatic heterocycles. The van der Waals surface area contributed by atoms with Crippen LogP contribution in [-0.2, 0) is 0 Å². The number of rotatable bonds is 7. The van der Waals surface area contributed by atoms with Gasteiger partial charge in [0.15, 0.2) is 0 Å². The number of nitrogens with zero attached hydrogens (tertiary/aromatic N) is 1. The third kappa shape index (κ3) is 8.08. The van der Waals surface area contributed by atoms with Crippen molar-refractivity contribution >= 4 is 0 Å². The quantitative estimate of drug-likeness (QED) is 0.569. The molecular weight excluding hydrogens is 178 g/mol. The van der Waals surface area contributed by atoms with E-state index in [4.69, 9.17) is 5.11 Å². The minimum absolute atomic E-state index is 0.447. The lowest BCUT2D eigenvalue weighted by molar-refractivity contribution is -0.0474. The minimum atomic E-state index is -2.99. The molecule has 0 unspecified atom stereocenters. The van der Waals surface area contributed by atoms with E-state index in [1.54, 1.807) is 0 Å². The first-order chi connectivity index (χ1) is 5.98. The number of aliphatic hydroxyl groups is 1. The Morgan fingerprint density at radius 1 is 1.38 bits per heavy atom. The maximum atomic E-state index is 12.4. The fourth-order valence-electron chi connectivity index (χ4n) is 0.847. The first-order valence-corrected chi connectivity index (χ1v) is 4.32. The third-order valence-corrected chi connectivity index (χ3v) is 1.57. The first-order valence-electron chi connectivity index (χ1n) is 4.32. The van der Waals surface area contributed by atoms with Crippen LogP contribution in [0.5, 0.6) is 0 Å². The van der Waals surface area contributed by atoms with Crippen LogP contribution in [0.3, 0.4) is 0 Å². The molecule has 2 N–H and O–H groups in total. The molecule has 0 aliphatic heterocycles. The van der Waals surface area contributed by atoms with Gasteiger partial charge in [-0.3, -0.25) is 0 Å². The van der Waals surface area contributed by atoms with Crippen molar-refractivity contribution in [2.24, 2.45) is 0 Å². The number of aliphatic hydroxyl groups excluding tert-OH is 1. The Bertz CT molecular complexity index is 131. The molecule has 0 fully saturated rings. The van der Waals surface area contributed by atoms with Gasteiger partial charge >= 0.3 is 0 Å². The molecule has 0 aliphatic rings. The smallest absolute Gasteiger partial charge is 0.282 e. The summed E-state index contributed by atoms with van der Waals surface area (Å²) in [6.45, 7) is -0.115. The lowest BCUT2D eigenvalue weighted by Crippen LogP contribution is -2.36. The fourth-order valence-corrected chi connectivity index (χ4v) is 0.847. The van der Waals surface area contributed by atoms with Crippen molar-refractivity contribution in [2.45, 2.75) is 12.3 Å². The van der Waals surface area contributed by atoms with Crippen molar-refractivity contribution in [3.05, 3.63) is 0 Å². The highest BCUT2D eigenvalue weighted by Gasteiger charge is 2.26. The Balaban J connectivity index is 3.26. The van der Waals surface area contributed by atoms with Crippen molar-refractivity contribution in [1.29, 1.82) is 0 Å². The van der Waals surface area contributed by atoms with Gasteiger partial charge in [-0.05, 0) is 33.6 Å². The Morgan fingerprint density at radius 2 is 2.00 bits per heavy atom. The molecule has 0 amide bonds. The van der Waals surface area contributed by atoms with Gasteiger partial charge in [-0.2, -0.15) is 0 Å². The van der Waals surface area contributed by atoms with Crippen LogP contribution in [0.4, 0.5) is 8.78 Å². The Kier molecular flexibility index (Phi) is 6.11. The summed E-state index contributed by atoms with van der Waals surface area (Å²) < 4.78 is 24.8. The predicted molar refractivity (Wildman–Crippen MR) is 48.1 cm³/mol. The van der Waals surface area contributed by atoms with Crippen molar-refractivity contribution in [1.82, 2.24) is 10.2 Å². The van der Waals surface area contributed by atoms with Gasteiger partial charge in [-0.1, -0.05) is 0 Å². The van der Waals surface area contributed by atoms with E-state index in [1.165, 1.54) is 0 Å². The van der Waals surface area contributed by atoms with Gasteiger partial charge in [-0.25, -0.2) is 8.78 Å². The van der Waals surface area contributed by atoms with Crippen LogP contribution >= 0.6 is 0 Å². The van der Waals surface area contributed by atoms with Gasteiger partial charge < -0.3 is 15.3 Å². The van der Waals surface area contributed by atoms with E-state index >= 15 is 0 Å². The van der Waals surface area contributed by atoms with Crippen molar-refractivity contribution in [3.63, 3.8) is 0 Å². The number of nitrogens with one attached hydrogen (secondary N) is 1. The van der Waals surface area contributed by atoms with Gasteiger partial charge in [0.1, 0.15) is 6.61 Å². The number of hydrogen-bond acceptors (Lipinski definition) is 3. The van der Waals surface area contributed by atoms with Gasteiger partial charge in [0.2, 0.25) is 0 Å². The molecule has 0 aromatic rings. The van der Waals surface area contributed by atoms with Crippen LogP contribution < -0.4 is 5.32 Å². The highest BCUT2D eigenvalue weighted by Crippen LogP contribution is 2.09. The summed E-state index contributed by atoms with van der Waals surface area (Å²) in [7, 11) is 3.87. The van der Waals surface area contributed by atoms with Crippen molar-refractivity contribution < 1.29 is 13.9 Å². The average Bonchev–Trinajstić information content (AvgIpc) is 2.03. The second-order valence-corrected chi connectivity index (χ2v) is 3.35. The molecule has 0 heterocycles. The number of halogens is 2. The zero-order valence-electron chi connectivity index (χ0n) is 8.19. The lowest BCUT2D eigenvalue weighted by atomic mass is 10.3. The van der Waals surface area contributed by atoms with E-state index in [9.17, 15) is 8.78 Å².